The van der Waals surface area contributed by atoms with Gasteiger partial charge < -0.3 is 4.74 Å². The summed E-state index contributed by atoms with van der Waals surface area (Å²) >= 11 is 0. The highest BCUT2D eigenvalue weighted by Crippen LogP contribution is 2.38. The first-order chi connectivity index (χ1) is 9.70. The lowest BCUT2D eigenvalue weighted by Crippen LogP contribution is -2.33. The number of fused-ring (bicyclic) bond motifs is 1. The van der Waals surface area contributed by atoms with Crippen LogP contribution in [0.3, 0.4) is 0 Å². The maximum atomic E-state index is 11.8. The SMILES string of the molecule is CCCOc1ccc2c(c1)CC[C@@H]2N1C(=O)C=CC1=O. The summed E-state index contributed by atoms with van der Waals surface area (Å²) in [7, 11) is 0. The highest BCUT2D eigenvalue weighted by Gasteiger charge is 2.36. The predicted molar refractivity (Wildman–Crippen MR) is 74.3 cm³/mol. The highest BCUT2D eigenvalue weighted by molar-refractivity contribution is 6.13. The summed E-state index contributed by atoms with van der Waals surface area (Å²) in [6.45, 7) is 2.77. The van der Waals surface area contributed by atoms with Crippen LogP contribution in [0.2, 0.25) is 0 Å². The molecular formula is C16H17NO3. The van der Waals surface area contributed by atoms with Crippen LogP contribution in [0.15, 0.2) is 30.4 Å². The molecule has 1 aromatic rings. The molecule has 1 aromatic carbocycles. The van der Waals surface area contributed by atoms with Crippen molar-refractivity contribution in [3.8, 4) is 5.75 Å². The number of aryl methyl sites for hydroxylation is 1. The van der Waals surface area contributed by atoms with Crippen molar-refractivity contribution in [1.29, 1.82) is 0 Å². The standard InChI is InChI=1S/C16H17NO3/c1-2-9-20-12-4-5-13-11(10-12)3-6-14(13)17-15(18)7-8-16(17)19/h4-5,7-8,10,14H,2-3,6,9H2,1H3/t14-/m0/s1. The maximum Gasteiger partial charge on any atom is 0.254 e. The number of benzene rings is 1. The third-order valence-electron chi connectivity index (χ3n) is 3.79. The van der Waals surface area contributed by atoms with Crippen molar-refractivity contribution in [2.24, 2.45) is 0 Å². The van der Waals surface area contributed by atoms with E-state index in [0.29, 0.717) is 6.61 Å². The first kappa shape index (κ1) is 12.9. The molecule has 0 fully saturated rings. The number of ether oxygens (including phenoxy) is 1. The molecule has 1 aliphatic heterocycles. The van der Waals surface area contributed by atoms with Crippen molar-refractivity contribution in [2.45, 2.75) is 32.2 Å². The molecule has 1 heterocycles. The Kier molecular flexibility index (Phi) is 3.30. The van der Waals surface area contributed by atoms with Gasteiger partial charge in [0.25, 0.3) is 11.8 Å². The minimum atomic E-state index is -0.209. The molecule has 0 bridgehead atoms. The summed E-state index contributed by atoms with van der Waals surface area (Å²) in [6, 6.07) is 5.81. The summed E-state index contributed by atoms with van der Waals surface area (Å²) in [4.78, 5) is 24.9. The third-order valence-corrected chi connectivity index (χ3v) is 3.79. The number of amides is 2. The molecule has 0 N–H and O–H groups in total. The zero-order chi connectivity index (χ0) is 14.1. The van der Waals surface area contributed by atoms with Crippen molar-refractivity contribution in [3.63, 3.8) is 0 Å². The second kappa shape index (κ2) is 5.12. The van der Waals surface area contributed by atoms with Gasteiger partial charge in [-0.15, -0.1) is 0 Å². The Balaban J connectivity index is 1.84. The van der Waals surface area contributed by atoms with Crippen LogP contribution in [0.1, 0.15) is 36.9 Å². The maximum absolute atomic E-state index is 11.8. The Bertz CT molecular complexity index is 573. The van der Waals surface area contributed by atoms with Gasteiger partial charge in [0.1, 0.15) is 5.75 Å². The Morgan fingerprint density at radius 3 is 2.70 bits per heavy atom. The van der Waals surface area contributed by atoms with E-state index >= 15 is 0 Å². The van der Waals surface area contributed by atoms with Crippen molar-refractivity contribution < 1.29 is 14.3 Å². The van der Waals surface area contributed by atoms with E-state index in [9.17, 15) is 9.59 Å². The van der Waals surface area contributed by atoms with E-state index in [1.165, 1.54) is 22.6 Å². The Labute approximate surface area is 118 Å². The molecule has 0 spiro atoms. The minimum Gasteiger partial charge on any atom is -0.494 e. The number of hydrogen-bond donors (Lipinski definition) is 0. The molecule has 0 unspecified atom stereocenters. The molecule has 2 aliphatic rings. The molecule has 4 heteroatoms. The molecule has 3 rings (SSSR count). The van der Waals surface area contributed by atoms with Gasteiger partial charge in [0.2, 0.25) is 0 Å². The second-order valence-corrected chi connectivity index (χ2v) is 5.14. The van der Waals surface area contributed by atoms with E-state index < -0.39 is 0 Å². The third kappa shape index (κ3) is 2.11. The van der Waals surface area contributed by atoms with E-state index in [1.807, 2.05) is 18.2 Å². The van der Waals surface area contributed by atoms with Gasteiger partial charge in [0.15, 0.2) is 0 Å². The van der Waals surface area contributed by atoms with Crippen molar-refractivity contribution >= 4 is 11.8 Å². The second-order valence-electron chi connectivity index (χ2n) is 5.14. The summed E-state index contributed by atoms with van der Waals surface area (Å²) in [5, 5.41) is 0. The lowest BCUT2D eigenvalue weighted by atomic mass is 10.1. The van der Waals surface area contributed by atoms with Gasteiger partial charge in [0.05, 0.1) is 12.6 Å². The van der Waals surface area contributed by atoms with E-state index in [1.54, 1.807) is 0 Å². The number of carbonyl (C=O) groups excluding carboxylic acids is 2. The average molecular weight is 271 g/mol. The molecule has 0 radical (unpaired) electrons. The topological polar surface area (TPSA) is 46.6 Å². The number of imide groups is 1. The van der Waals surface area contributed by atoms with Crippen LogP contribution in [0.25, 0.3) is 0 Å². The molecule has 20 heavy (non-hydrogen) atoms. The molecule has 0 aromatic heterocycles. The number of nitrogens with zero attached hydrogens (tertiary/aromatic N) is 1. The Morgan fingerprint density at radius 1 is 1.25 bits per heavy atom. The number of hydrogen-bond acceptors (Lipinski definition) is 3. The van der Waals surface area contributed by atoms with E-state index in [0.717, 1.165) is 30.6 Å². The van der Waals surface area contributed by atoms with Crippen LogP contribution < -0.4 is 4.74 Å². The predicted octanol–water partition coefficient (Wildman–Crippen LogP) is 2.39. The van der Waals surface area contributed by atoms with Gasteiger partial charge in [0, 0.05) is 12.2 Å². The molecule has 4 nitrogen and oxygen atoms in total. The fraction of sp³-hybridized carbons (Fsp3) is 0.375. The lowest BCUT2D eigenvalue weighted by Gasteiger charge is -2.22. The van der Waals surface area contributed by atoms with Gasteiger partial charge in [-0.3, -0.25) is 14.5 Å². The van der Waals surface area contributed by atoms with Gasteiger partial charge in [-0.05, 0) is 42.5 Å². The zero-order valence-electron chi connectivity index (χ0n) is 11.5. The molecule has 1 atom stereocenters. The van der Waals surface area contributed by atoms with Crippen LogP contribution in [-0.2, 0) is 16.0 Å². The van der Waals surface area contributed by atoms with Gasteiger partial charge in [-0.25, -0.2) is 0 Å². The van der Waals surface area contributed by atoms with Crippen LogP contribution in [0, 0.1) is 0 Å². The molecular weight excluding hydrogens is 254 g/mol. The lowest BCUT2D eigenvalue weighted by molar-refractivity contribution is -0.139. The highest BCUT2D eigenvalue weighted by atomic mass is 16.5. The van der Waals surface area contributed by atoms with E-state index in [-0.39, 0.29) is 17.9 Å². The van der Waals surface area contributed by atoms with Crippen LogP contribution in [0.5, 0.6) is 5.75 Å². The van der Waals surface area contributed by atoms with Crippen molar-refractivity contribution in [1.82, 2.24) is 4.90 Å². The van der Waals surface area contributed by atoms with Gasteiger partial charge in [-0.2, -0.15) is 0 Å². The number of rotatable bonds is 4. The molecule has 1 aliphatic carbocycles. The first-order valence-electron chi connectivity index (χ1n) is 7.01. The molecule has 0 saturated carbocycles. The Morgan fingerprint density at radius 2 is 2.00 bits per heavy atom. The smallest absolute Gasteiger partial charge is 0.254 e. The fourth-order valence-corrected chi connectivity index (χ4v) is 2.87. The molecule has 0 saturated heterocycles. The van der Waals surface area contributed by atoms with Gasteiger partial charge >= 0.3 is 0 Å². The Hall–Kier alpha value is -2.10. The number of carbonyl (C=O) groups is 2. The van der Waals surface area contributed by atoms with Crippen LogP contribution in [0.4, 0.5) is 0 Å². The summed E-state index contributed by atoms with van der Waals surface area (Å²) in [5.41, 5.74) is 2.25. The largest absolute Gasteiger partial charge is 0.494 e. The molecule has 2 amide bonds. The van der Waals surface area contributed by atoms with Crippen LogP contribution in [-0.4, -0.2) is 23.3 Å². The molecule has 104 valence electrons. The first-order valence-corrected chi connectivity index (χ1v) is 7.01. The van der Waals surface area contributed by atoms with E-state index in [2.05, 4.69) is 6.92 Å². The van der Waals surface area contributed by atoms with Crippen LogP contribution >= 0.6 is 0 Å². The van der Waals surface area contributed by atoms with Crippen molar-refractivity contribution in [2.75, 3.05) is 6.61 Å². The average Bonchev–Trinajstić information content (AvgIpc) is 2.99. The van der Waals surface area contributed by atoms with Gasteiger partial charge in [-0.1, -0.05) is 13.0 Å². The van der Waals surface area contributed by atoms with Crippen molar-refractivity contribution in [3.05, 3.63) is 41.5 Å². The zero-order valence-corrected chi connectivity index (χ0v) is 11.5. The fourth-order valence-electron chi connectivity index (χ4n) is 2.87. The summed E-state index contributed by atoms with van der Waals surface area (Å²) in [5.74, 6) is 0.446. The summed E-state index contributed by atoms with van der Waals surface area (Å²) < 4.78 is 5.62. The quantitative estimate of drug-likeness (QED) is 0.790. The monoisotopic (exact) mass is 271 g/mol. The van der Waals surface area contributed by atoms with E-state index in [4.69, 9.17) is 4.74 Å². The summed E-state index contributed by atoms with van der Waals surface area (Å²) in [6.07, 6.45) is 5.34. The normalized spacial score (nSPS) is 20.6. The minimum absolute atomic E-state index is 0.125.